The van der Waals surface area contributed by atoms with Gasteiger partial charge in [-0.3, -0.25) is 4.79 Å². The maximum Gasteiger partial charge on any atom is 0.337 e. The molecule has 0 saturated heterocycles. The highest BCUT2D eigenvalue weighted by molar-refractivity contribution is 6.33. The lowest BCUT2D eigenvalue weighted by atomic mass is 10.2. The highest BCUT2D eigenvalue weighted by Gasteiger charge is 2.04. The van der Waals surface area contributed by atoms with Crippen molar-refractivity contribution in [2.24, 2.45) is 0 Å². The summed E-state index contributed by atoms with van der Waals surface area (Å²) in [7, 11) is 0. The predicted octanol–water partition coefficient (Wildman–Crippen LogP) is 4.15. The molecule has 2 aromatic rings. The summed E-state index contributed by atoms with van der Waals surface area (Å²) >= 11 is 10.9. The van der Waals surface area contributed by atoms with Gasteiger partial charge in [0.25, 0.3) is 0 Å². The van der Waals surface area contributed by atoms with E-state index in [0.717, 1.165) is 0 Å². The fourth-order valence-corrected chi connectivity index (χ4v) is 1.71. The van der Waals surface area contributed by atoms with Crippen LogP contribution in [0.5, 0.6) is 0 Å². The molecule has 0 fully saturated rings. The summed E-state index contributed by atoms with van der Waals surface area (Å²) in [4.78, 5) is 21.2. The third kappa shape index (κ3) is 5.03. The number of carboxylic acids is 1. The smallest absolute Gasteiger partial charge is 0.337 e. The van der Waals surface area contributed by atoms with E-state index in [9.17, 15) is 9.59 Å². The minimum Gasteiger partial charge on any atom is -0.478 e. The van der Waals surface area contributed by atoms with Crippen LogP contribution in [0.2, 0.25) is 5.02 Å². The Morgan fingerprint density at radius 1 is 0.950 bits per heavy atom. The number of halogens is 2. The third-order valence-corrected chi connectivity index (χ3v) is 2.89. The highest BCUT2D eigenvalue weighted by Crippen LogP contribution is 2.13. The van der Waals surface area contributed by atoms with E-state index in [1.54, 1.807) is 30.3 Å². The molecule has 3 nitrogen and oxygen atoms in total. The molecule has 0 amide bonds. The van der Waals surface area contributed by atoms with Crippen molar-refractivity contribution in [3.63, 3.8) is 0 Å². The van der Waals surface area contributed by atoms with Gasteiger partial charge in [0.2, 0.25) is 0 Å². The monoisotopic (exact) mass is 310 g/mol. The molecule has 0 atom stereocenters. The number of aromatic carboxylic acids is 1. The maximum absolute atomic E-state index is 10.9. The van der Waals surface area contributed by atoms with Gasteiger partial charge in [0, 0.05) is 5.56 Å². The molecule has 0 saturated carbocycles. The van der Waals surface area contributed by atoms with Crippen LogP contribution in [-0.4, -0.2) is 22.7 Å². The fourth-order valence-electron chi connectivity index (χ4n) is 1.34. The first-order valence-corrected chi connectivity index (χ1v) is 6.59. The van der Waals surface area contributed by atoms with Crippen molar-refractivity contribution in [3.8, 4) is 0 Å². The summed E-state index contributed by atoms with van der Waals surface area (Å²) in [5.74, 6) is -0.961. The lowest BCUT2D eigenvalue weighted by Crippen LogP contribution is -1.98. The minimum atomic E-state index is -0.995. The van der Waals surface area contributed by atoms with Gasteiger partial charge in [-0.05, 0) is 12.1 Å². The number of ketones is 1. The van der Waals surface area contributed by atoms with Crippen molar-refractivity contribution >= 4 is 35.0 Å². The van der Waals surface area contributed by atoms with Crippen LogP contribution >= 0.6 is 23.2 Å². The Balaban J connectivity index is 0.000000200. The summed E-state index contributed by atoms with van der Waals surface area (Å²) in [6.45, 7) is 0. The van der Waals surface area contributed by atoms with Gasteiger partial charge in [-0.15, -0.1) is 11.6 Å². The first kappa shape index (κ1) is 16.2. The molecule has 0 aliphatic carbocycles. The number of carboxylic acid groups (broad SMARTS) is 1. The molecule has 2 rings (SSSR count). The molecule has 2 aromatic carbocycles. The summed E-state index contributed by atoms with van der Waals surface area (Å²) in [6, 6.07) is 15.3. The Morgan fingerprint density at radius 3 is 1.95 bits per heavy atom. The average molecular weight is 311 g/mol. The number of Topliss-reactive ketones (excluding diaryl/α,β-unsaturated/α-hetero) is 1. The number of carbonyl (C=O) groups excluding carboxylic acids is 1. The second-order valence-electron chi connectivity index (χ2n) is 3.71. The van der Waals surface area contributed by atoms with Crippen LogP contribution < -0.4 is 0 Å². The molecule has 0 aliphatic rings. The lowest BCUT2D eigenvalue weighted by molar-refractivity contribution is 0.0697. The zero-order valence-corrected chi connectivity index (χ0v) is 11.9. The molecule has 0 spiro atoms. The Morgan fingerprint density at radius 2 is 1.50 bits per heavy atom. The van der Waals surface area contributed by atoms with Crippen molar-refractivity contribution < 1.29 is 14.7 Å². The fraction of sp³-hybridized carbons (Fsp3) is 0.0667. The minimum absolute atomic E-state index is 0.0257. The standard InChI is InChI=1S/C8H7ClO.C7H5ClO2/c9-6-8(10)7-4-2-1-3-5-7;8-6-4-2-1-3-5(6)7(9)10/h1-5H,6H2;1-4H,(H,9,10). The van der Waals surface area contributed by atoms with Crippen LogP contribution in [0.25, 0.3) is 0 Å². The Bertz CT molecular complexity index is 583. The average Bonchev–Trinajstić information content (AvgIpc) is 2.48. The third-order valence-electron chi connectivity index (χ3n) is 2.32. The van der Waals surface area contributed by atoms with E-state index >= 15 is 0 Å². The van der Waals surface area contributed by atoms with Gasteiger partial charge in [-0.25, -0.2) is 4.79 Å². The second kappa shape index (κ2) is 8.35. The van der Waals surface area contributed by atoms with Gasteiger partial charge in [-0.1, -0.05) is 54.1 Å². The van der Waals surface area contributed by atoms with Crippen LogP contribution in [-0.2, 0) is 0 Å². The van der Waals surface area contributed by atoms with Crippen LogP contribution in [0.1, 0.15) is 20.7 Å². The normalized spacial score (nSPS) is 9.30. The van der Waals surface area contributed by atoms with Crippen molar-refractivity contribution in [2.45, 2.75) is 0 Å². The number of alkyl halides is 1. The SMILES string of the molecule is O=C(CCl)c1ccccc1.O=C(O)c1ccccc1Cl. The van der Waals surface area contributed by atoms with Gasteiger partial charge in [0.05, 0.1) is 16.5 Å². The molecule has 1 N–H and O–H groups in total. The summed E-state index contributed by atoms with van der Waals surface area (Å²) in [6.07, 6.45) is 0. The Kier molecular flexibility index (Phi) is 6.77. The number of hydrogen-bond acceptors (Lipinski definition) is 2. The zero-order valence-electron chi connectivity index (χ0n) is 10.4. The topological polar surface area (TPSA) is 54.4 Å². The van der Waals surface area contributed by atoms with Crippen LogP contribution in [0.3, 0.4) is 0 Å². The maximum atomic E-state index is 10.9. The van der Waals surface area contributed by atoms with E-state index in [0.29, 0.717) is 5.56 Å². The lowest BCUT2D eigenvalue weighted by Gasteiger charge is -1.94. The van der Waals surface area contributed by atoms with Crippen LogP contribution in [0, 0.1) is 0 Å². The molecule has 0 radical (unpaired) electrons. The summed E-state index contributed by atoms with van der Waals surface area (Å²) < 4.78 is 0. The van der Waals surface area contributed by atoms with E-state index in [2.05, 4.69) is 0 Å². The summed E-state index contributed by atoms with van der Waals surface area (Å²) in [5.41, 5.74) is 0.821. The molecular formula is C15H12Cl2O3. The van der Waals surface area contributed by atoms with Gasteiger partial charge in [-0.2, -0.15) is 0 Å². The van der Waals surface area contributed by atoms with E-state index in [1.165, 1.54) is 6.07 Å². The van der Waals surface area contributed by atoms with Gasteiger partial charge in [0.1, 0.15) is 0 Å². The summed E-state index contributed by atoms with van der Waals surface area (Å²) in [5, 5.41) is 8.75. The molecule has 5 heteroatoms. The van der Waals surface area contributed by atoms with Crippen LogP contribution in [0.4, 0.5) is 0 Å². The van der Waals surface area contributed by atoms with Crippen molar-refractivity contribution in [1.82, 2.24) is 0 Å². The molecule has 0 heterocycles. The number of carbonyl (C=O) groups is 2. The van der Waals surface area contributed by atoms with Crippen molar-refractivity contribution in [2.75, 3.05) is 5.88 Å². The highest BCUT2D eigenvalue weighted by atomic mass is 35.5. The Hall–Kier alpha value is -1.84. The van der Waals surface area contributed by atoms with Crippen molar-refractivity contribution in [1.29, 1.82) is 0 Å². The largest absolute Gasteiger partial charge is 0.478 e. The second-order valence-corrected chi connectivity index (χ2v) is 4.38. The molecule has 0 unspecified atom stereocenters. The zero-order chi connectivity index (χ0) is 15.0. The molecular weight excluding hydrogens is 299 g/mol. The quantitative estimate of drug-likeness (QED) is 0.684. The predicted molar refractivity (Wildman–Crippen MR) is 79.9 cm³/mol. The molecule has 20 heavy (non-hydrogen) atoms. The van der Waals surface area contributed by atoms with E-state index < -0.39 is 5.97 Å². The first-order valence-electron chi connectivity index (χ1n) is 5.68. The van der Waals surface area contributed by atoms with E-state index in [-0.39, 0.29) is 22.2 Å². The van der Waals surface area contributed by atoms with Crippen molar-refractivity contribution in [3.05, 3.63) is 70.7 Å². The number of hydrogen-bond donors (Lipinski definition) is 1. The first-order chi connectivity index (χ1) is 9.56. The molecule has 0 aromatic heterocycles. The van der Waals surface area contributed by atoms with Gasteiger partial charge in [0.15, 0.2) is 5.78 Å². The van der Waals surface area contributed by atoms with Gasteiger partial charge < -0.3 is 5.11 Å². The van der Waals surface area contributed by atoms with E-state index in [4.69, 9.17) is 28.3 Å². The van der Waals surface area contributed by atoms with Crippen LogP contribution in [0.15, 0.2) is 54.6 Å². The molecule has 104 valence electrons. The molecule has 0 bridgehead atoms. The van der Waals surface area contributed by atoms with E-state index in [1.807, 2.05) is 18.2 Å². The molecule has 0 aliphatic heterocycles. The number of rotatable bonds is 3. The number of benzene rings is 2. The Labute approximate surface area is 126 Å². The van der Waals surface area contributed by atoms with Gasteiger partial charge >= 0.3 is 5.97 Å².